The van der Waals surface area contributed by atoms with Crippen molar-refractivity contribution in [1.82, 2.24) is 15.1 Å². The van der Waals surface area contributed by atoms with Gasteiger partial charge >= 0.3 is 18.2 Å². The maximum atomic E-state index is 12.9. The Kier molecular flexibility index (Phi) is 9.15. The monoisotopic (exact) mass is 477 g/mol. The van der Waals surface area contributed by atoms with Crippen LogP contribution in [-0.2, 0) is 6.18 Å². The van der Waals surface area contributed by atoms with Gasteiger partial charge in [-0.3, -0.25) is 0 Å². The molecule has 10 heteroatoms. The van der Waals surface area contributed by atoms with Gasteiger partial charge in [-0.05, 0) is 62.3 Å². The number of carbonyl (C=O) groups excluding carboxylic acids is 2. The second-order valence-corrected chi connectivity index (χ2v) is 8.14. The fourth-order valence-electron chi connectivity index (χ4n) is 3.71. The summed E-state index contributed by atoms with van der Waals surface area (Å²) in [6, 6.07) is 12.5. The zero-order valence-corrected chi connectivity index (χ0v) is 18.9. The summed E-state index contributed by atoms with van der Waals surface area (Å²) >= 11 is 0. The largest absolute Gasteiger partial charge is 0.416 e. The van der Waals surface area contributed by atoms with Crippen LogP contribution < -0.4 is 16.0 Å². The van der Waals surface area contributed by atoms with Crippen molar-refractivity contribution in [2.24, 2.45) is 0 Å². The lowest BCUT2D eigenvalue weighted by Gasteiger charge is -2.30. The summed E-state index contributed by atoms with van der Waals surface area (Å²) in [4.78, 5) is 28.9. The van der Waals surface area contributed by atoms with Gasteiger partial charge in [-0.25, -0.2) is 9.59 Å². The molecule has 3 N–H and O–H groups in total. The fourth-order valence-corrected chi connectivity index (χ4v) is 3.71. The average molecular weight is 478 g/mol. The van der Waals surface area contributed by atoms with Crippen molar-refractivity contribution in [3.05, 3.63) is 60.2 Å². The molecule has 0 aliphatic carbocycles. The van der Waals surface area contributed by atoms with Gasteiger partial charge < -0.3 is 25.8 Å². The number of nitrogens with zero attached hydrogens (tertiary/aromatic N) is 2. The number of alkyl halides is 3. The first-order valence-electron chi connectivity index (χ1n) is 11.4. The lowest BCUT2D eigenvalue weighted by atomic mass is 10.1. The van der Waals surface area contributed by atoms with Crippen molar-refractivity contribution in [3.63, 3.8) is 0 Å². The maximum absolute atomic E-state index is 12.9. The first kappa shape index (κ1) is 25.4. The second kappa shape index (κ2) is 12.3. The smallest absolute Gasteiger partial charge is 0.336 e. The number of likely N-dealkylation sites (tertiary alicyclic amines) is 1. The average Bonchev–Trinajstić information content (AvgIpc) is 2.82. The van der Waals surface area contributed by atoms with Crippen LogP contribution in [0.25, 0.3) is 0 Å². The Balaban J connectivity index is 1.55. The number of nitrogens with one attached hydrogen (secondary N) is 3. The van der Waals surface area contributed by atoms with Crippen LogP contribution in [0.2, 0.25) is 0 Å². The van der Waals surface area contributed by atoms with Gasteiger partial charge in [-0.15, -0.1) is 0 Å². The van der Waals surface area contributed by atoms with Crippen LogP contribution in [0.3, 0.4) is 0 Å². The van der Waals surface area contributed by atoms with E-state index in [0.717, 1.165) is 38.1 Å². The molecule has 0 radical (unpaired) electrons. The summed E-state index contributed by atoms with van der Waals surface area (Å²) in [6.45, 7) is 3.56. The molecule has 3 rings (SSSR count). The van der Waals surface area contributed by atoms with Gasteiger partial charge in [0.1, 0.15) is 0 Å². The van der Waals surface area contributed by atoms with Gasteiger partial charge in [-0.1, -0.05) is 24.6 Å². The van der Waals surface area contributed by atoms with Crippen molar-refractivity contribution < 1.29 is 22.8 Å². The molecule has 0 bridgehead atoms. The Bertz CT molecular complexity index is 916. The van der Waals surface area contributed by atoms with E-state index in [9.17, 15) is 22.8 Å². The number of amides is 4. The molecule has 7 nitrogen and oxygen atoms in total. The van der Waals surface area contributed by atoms with Crippen LogP contribution in [0.4, 0.5) is 34.1 Å². The molecule has 0 atom stereocenters. The molecule has 184 valence electrons. The first-order valence-corrected chi connectivity index (χ1v) is 11.4. The highest BCUT2D eigenvalue weighted by Crippen LogP contribution is 2.29. The number of carbonyl (C=O) groups is 2. The number of urea groups is 2. The summed E-state index contributed by atoms with van der Waals surface area (Å²) in [5.41, 5.74) is 0.152. The normalized spacial score (nSPS) is 14.3. The van der Waals surface area contributed by atoms with E-state index in [4.69, 9.17) is 0 Å². The van der Waals surface area contributed by atoms with Crippen molar-refractivity contribution in [2.75, 3.05) is 49.9 Å². The fraction of sp³-hybridized carbons (Fsp3) is 0.417. The zero-order chi connectivity index (χ0) is 24.4. The van der Waals surface area contributed by atoms with E-state index >= 15 is 0 Å². The molecule has 1 heterocycles. The van der Waals surface area contributed by atoms with Crippen LogP contribution in [0.1, 0.15) is 24.8 Å². The Morgan fingerprint density at radius 3 is 2.15 bits per heavy atom. The number of piperidine rings is 1. The summed E-state index contributed by atoms with van der Waals surface area (Å²) in [5.74, 6) is 0. The molecule has 1 fully saturated rings. The molecule has 2 aromatic carbocycles. The molecule has 2 aromatic rings. The molecule has 1 saturated heterocycles. The van der Waals surface area contributed by atoms with Crippen molar-refractivity contribution >= 4 is 23.4 Å². The Morgan fingerprint density at radius 1 is 0.853 bits per heavy atom. The summed E-state index contributed by atoms with van der Waals surface area (Å²) in [7, 11) is 0. The molecular formula is C24H30F3N5O2. The molecule has 0 saturated carbocycles. The first-order chi connectivity index (χ1) is 16.3. The second-order valence-electron chi connectivity index (χ2n) is 8.14. The van der Waals surface area contributed by atoms with E-state index in [-0.39, 0.29) is 24.8 Å². The minimum absolute atomic E-state index is 0.221. The SMILES string of the molecule is O=C(NCCN(CCN1CCCCC1)C(=O)Nc1ccc(C(F)(F)F)cc1)Nc1ccccc1. The van der Waals surface area contributed by atoms with Gasteiger partial charge in [0.25, 0.3) is 0 Å². The summed E-state index contributed by atoms with van der Waals surface area (Å²) in [5, 5.41) is 8.11. The third kappa shape index (κ3) is 8.26. The van der Waals surface area contributed by atoms with Crippen LogP contribution in [0.15, 0.2) is 54.6 Å². The van der Waals surface area contributed by atoms with Gasteiger partial charge in [0.15, 0.2) is 0 Å². The standard InChI is InChI=1S/C24H30F3N5O2/c25-24(26,27)19-9-11-21(12-10-19)30-23(34)32(18-17-31-14-5-2-6-15-31)16-13-28-22(33)29-20-7-3-1-4-8-20/h1,3-4,7-12H,2,5-6,13-18H2,(H,30,34)(H2,28,29,33). The Hall–Kier alpha value is -3.27. The van der Waals surface area contributed by atoms with Gasteiger partial charge in [0, 0.05) is 37.6 Å². The molecule has 1 aliphatic heterocycles. The van der Waals surface area contributed by atoms with Crippen molar-refractivity contribution in [3.8, 4) is 0 Å². The molecule has 0 spiro atoms. The van der Waals surface area contributed by atoms with Gasteiger partial charge in [0.05, 0.1) is 5.56 Å². The van der Waals surface area contributed by atoms with Crippen molar-refractivity contribution in [1.29, 1.82) is 0 Å². The lowest BCUT2D eigenvalue weighted by Crippen LogP contribution is -2.45. The number of hydrogen-bond donors (Lipinski definition) is 3. The number of hydrogen-bond acceptors (Lipinski definition) is 3. The molecule has 0 aromatic heterocycles. The van der Waals surface area contributed by atoms with Gasteiger partial charge in [0.2, 0.25) is 0 Å². The van der Waals surface area contributed by atoms with Crippen LogP contribution in [-0.4, -0.2) is 61.1 Å². The quantitative estimate of drug-likeness (QED) is 0.509. The number of halogens is 3. The highest BCUT2D eigenvalue weighted by Gasteiger charge is 2.30. The van der Waals surface area contributed by atoms with E-state index < -0.39 is 17.8 Å². The van der Waals surface area contributed by atoms with E-state index in [1.54, 1.807) is 17.0 Å². The van der Waals surface area contributed by atoms with E-state index in [2.05, 4.69) is 20.9 Å². The number of benzene rings is 2. The minimum atomic E-state index is -4.44. The van der Waals surface area contributed by atoms with Crippen LogP contribution in [0, 0.1) is 0 Å². The molecule has 4 amide bonds. The number of rotatable bonds is 8. The van der Waals surface area contributed by atoms with E-state index in [0.29, 0.717) is 18.8 Å². The predicted octanol–water partition coefficient (Wildman–Crippen LogP) is 4.85. The lowest BCUT2D eigenvalue weighted by molar-refractivity contribution is -0.137. The molecule has 0 unspecified atom stereocenters. The summed E-state index contributed by atoms with van der Waals surface area (Å²) < 4.78 is 38.4. The number of para-hydroxylation sites is 1. The molecular weight excluding hydrogens is 447 g/mol. The van der Waals surface area contributed by atoms with E-state index in [1.807, 2.05) is 18.2 Å². The minimum Gasteiger partial charge on any atom is -0.336 e. The Morgan fingerprint density at radius 2 is 1.50 bits per heavy atom. The highest BCUT2D eigenvalue weighted by atomic mass is 19.4. The zero-order valence-electron chi connectivity index (χ0n) is 18.9. The van der Waals surface area contributed by atoms with E-state index in [1.165, 1.54) is 18.6 Å². The highest BCUT2D eigenvalue weighted by molar-refractivity contribution is 5.90. The maximum Gasteiger partial charge on any atom is 0.416 e. The summed E-state index contributed by atoms with van der Waals surface area (Å²) in [6.07, 6.45) is -0.984. The molecule has 34 heavy (non-hydrogen) atoms. The van der Waals surface area contributed by atoms with Crippen LogP contribution >= 0.6 is 0 Å². The third-order valence-corrected chi connectivity index (χ3v) is 5.58. The van der Waals surface area contributed by atoms with Crippen LogP contribution in [0.5, 0.6) is 0 Å². The third-order valence-electron chi connectivity index (χ3n) is 5.58. The molecule has 1 aliphatic rings. The van der Waals surface area contributed by atoms with Gasteiger partial charge in [-0.2, -0.15) is 13.2 Å². The Labute approximate surface area is 197 Å². The number of anilines is 2. The topological polar surface area (TPSA) is 76.7 Å². The predicted molar refractivity (Wildman–Crippen MR) is 126 cm³/mol. The van der Waals surface area contributed by atoms with Crippen molar-refractivity contribution in [2.45, 2.75) is 25.4 Å².